The lowest BCUT2D eigenvalue weighted by molar-refractivity contribution is 0.195. The predicted octanol–water partition coefficient (Wildman–Crippen LogP) is 4.76. The third kappa shape index (κ3) is 3.81. The molecule has 3 rings (SSSR count). The molecule has 0 aliphatic heterocycles. The summed E-state index contributed by atoms with van der Waals surface area (Å²) in [5.41, 5.74) is 1.27. The minimum Gasteiger partial charge on any atom is -0.493 e. The highest BCUT2D eigenvalue weighted by molar-refractivity contribution is 9.10. The first-order valence-corrected chi connectivity index (χ1v) is 9.05. The second-order valence-electron chi connectivity index (χ2n) is 7.03. The van der Waals surface area contributed by atoms with E-state index in [0.717, 1.165) is 41.1 Å². The van der Waals surface area contributed by atoms with Crippen LogP contribution >= 0.6 is 15.9 Å². The summed E-state index contributed by atoms with van der Waals surface area (Å²) in [6, 6.07) is 6.85. The molecule has 3 unspecified atom stereocenters. The Morgan fingerprint density at radius 2 is 2.14 bits per heavy atom. The Bertz CT molecular complexity index is 488. The van der Waals surface area contributed by atoms with Crippen molar-refractivity contribution < 1.29 is 4.74 Å². The summed E-state index contributed by atoms with van der Waals surface area (Å²) >= 11 is 3.63. The van der Waals surface area contributed by atoms with E-state index in [-0.39, 0.29) is 0 Å². The fraction of sp³-hybridized carbons (Fsp3) is 0.667. The van der Waals surface area contributed by atoms with Gasteiger partial charge < -0.3 is 10.1 Å². The Kier molecular flexibility index (Phi) is 4.90. The molecule has 2 bridgehead atoms. The van der Waals surface area contributed by atoms with E-state index >= 15 is 0 Å². The number of benzene rings is 1. The van der Waals surface area contributed by atoms with Gasteiger partial charge in [-0.1, -0.05) is 36.2 Å². The van der Waals surface area contributed by atoms with Gasteiger partial charge in [0, 0.05) is 17.1 Å². The molecule has 2 nitrogen and oxygen atoms in total. The molecule has 21 heavy (non-hydrogen) atoms. The van der Waals surface area contributed by atoms with Crippen molar-refractivity contribution >= 4 is 15.9 Å². The molecule has 0 saturated heterocycles. The van der Waals surface area contributed by atoms with Crippen LogP contribution in [0.15, 0.2) is 22.7 Å². The topological polar surface area (TPSA) is 21.3 Å². The molecule has 0 heterocycles. The van der Waals surface area contributed by atoms with Crippen molar-refractivity contribution in [2.45, 2.75) is 52.1 Å². The molecule has 2 aliphatic carbocycles. The molecule has 2 fully saturated rings. The molecule has 2 aliphatic rings. The lowest BCUT2D eigenvalue weighted by Crippen LogP contribution is -2.22. The molecule has 2 saturated carbocycles. The van der Waals surface area contributed by atoms with Gasteiger partial charge in [-0.25, -0.2) is 0 Å². The fourth-order valence-electron chi connectivity index (χ4n) is 3.87. The van der Waals surface area contributed by atoms with Crippen LogP contribution in [0.1, 0.15) is 45.1 Å². The Hall–Kier alpha value is -0.540. The van der Waals surface area contributed by atoms with Gasteiger partial charge in [0.1, 0.15) is 5.75 Å². The predicted molar refractivity (Wildman–Crippen MR) is 90.6 cm³/mol. The number of fused-ring (bicyclic) bond motifs is 2. The summed E-state index contributed by atoms with van der Waals surface area (Å²) in [5, 5.41) is 3.46. The molecular weight excluding hydrogens is 326 g/mol. The zero-order valence-electron chi connectivity index (χ0n) is 13.1. The zero-order chi connectivity index (χ0) is 14.8. The number of hydrogen-bond acceptors (Lipinski definition) is 2. The first-order chi connectivity index (χ1) is 10.1. The van der Waals surface area contributed by atoms with E-state index in [2.05, 4.69) is 53.3 Å². The minimum absolute atomic E-state index is 0.496. The maximum atomic E-state index is 6.10. The lowest BCUT2D eigenvalue weighted by Gasteiger charge is -2.22. The van der Waals surface area contributed by atoms with E-state index in [4.69, 9.17) is 4.74 Å². The number of ether oxygens (including phenoxy) is 1. The summed E-state index contributed by atoms with van der Waals surface area (Å²) in [6.45, 7) is 6.12. The molecule has 0 aromatic heterocycles. The van der Waals surface area contributed by atoms with Gasteiger partial charge in [-0.3, -0.25) is 0 Å². The minimum atomic E-state index is 0.496. The average Bonchev–Trinajstić information content (AvgIpc) is 3.07. The van der Waals surface area contributed by atoms with Crippen LogP contribution in [0.3, 0.4) is 0 Å². The normalized spacial score (nSPS) is 27.5. The number of halogens is 1. The zero-order valence-corrected chi connectivity index (χ0v) is 14.7. The van der Waals surface area contributed by atoms with Crippen LogP contribution < -0.4 is 10.1 Å². The second-order valence-corrected chi connectivity index (χ2v) is 7.89. The first kappa shape index (κ1) is 15.4. The average molecular weight is 352 g/mol. The maximum absolute atomic E-state index is 6.10. The molecule has 116 valence electrons. The summed E-state index contributed by atoms with van der Waals surface area (Å²) in [4.78, 5) is 0. The van der Waals surface area contributed by atoms with Crippen molar-refractivity contribution in [3.05, 3.63) is 28.2 Å². The first-order valence-electron chi connectivity index (χ1n) is 8.26. The largest absolute Gasteiger partial charge is 0.493 e. The van der Waals surface area contributed by atoms with E-state index in [0.29, 0.717) is 6.04 Å². The van der Waals surface area contributed by atoms with Crippen molar-refractivity contribution in [2.24, 2.45) is 17.8 Å². The highest BCUT2D eigenvalue weighted by Gasteiger charge is 2.39. The molecule has 1 aromatic carbocycles. The molecule has 1 aromatic rings. The van der Waals surface area contributed by atoms with E-state index < -0.39 is 0 Å². The molecule has 0 spiro atoms. The van der Waals surface area contributed by atoms with Crippen LogP contribution in [-0.2, 0) is 6.54 Å². The molecule has 0 radical (unpaired) electrons. The number of rotatable bonds is 6. The van der Waals surface area contributed by atoms with Gasteiger partial charge in [-0.05, 0) is 60.8 Å². The van der Waals surface area contributed by atoms with Crippen molar-refractivity contribution in [2.75, 3.05) is 6.61 Å². The van der Waals surface area contributed by atoms with Crippen LogP contribution in [0.2, 0.25) is 0 Å². The van der Waals surface area contributed by atoms with Crippen molar-refractivity contribution in [3.8, 4) is 5.75 Å². The van der Waals surface area contributed by atoms with Crippen molar-refractivity contribution in [1.82, 2.24) is 5.32 Å². The SMILES string of the molecule is CC(C)NCc1cc(OCC2CC3CCC2C3)ccc1Br. The Labute approximate surface area is 136 Å². The van der Waals surface area contributed by atoms with Gasteiger partial charge in [0.25, 0.3) is 0 Å². The van der Waals surface area contributed by atoms with Gasteiger partial charge in [-0.2, -0.15) is 0 Å². The molecule has 3 atom stereocenters. The number of hydrogen-bond donors (Lipinski definition) is 1. The summed E-state index contributed by atoms with van der Waals surface area (Å²) in [7, 11) is 0. The smallest absolute Gasteiger partial charge is 0.119 e. The van der Waals surface area contributed by atoms with Crippen molar-refractivity contribution in [1.29, 1.82) is 0 Å². The van der Waals surface area contributed by atoms with Gasteiger partial charge in [0.2, 0.25) is 0 Å². The van der Waals surface area contributed by atoms with Crippen LogP contribution in [0.4, 0.5) is 0 Å². The third-order valence-electron chi connectivity index (χ3n) is 5.07. The van der Waals surface area contributed by atoms with Gasteiger partial charge in [0.15, 0.2) is 0 Å². The van der Waals surface area contributed by atoms with E-state index in [1.165, 1.54) is 31.2 Å². The van der Waals surface area contributed by atoms with E-state index in [9.17, 15) is 0 Å². The quantitative estimate of drug-likeness (QED) is 0.797. The monoisotopic (exact) mass is 351 g/mol. The van der Waals surface area contributed by atoms with Gasteiger partial charge in [-0.15, -0.1) is 0 Å². The van der Waals surface area contributed by atoms with Crippen LogP contribution in [-0.4, -0.2) is 12.6 Å². The van der Waals surface area contributed by atoms with Gasteiger partial charge in [0.05, 0.1) is 6.61 Å². The summed E-state index contributed by atoms with van der Waals surface area (Å²) in [5.74, 6) is 3.75. The maximum Gasteiger partial charge on any atom is 0.119 e. The number of nitrogens with one attached hydrogen (secondary N) is 1. The van der Waals surface area contributed by atoms with Crippen LogP contribution in [0.25, 0.3) is 0 Å². The van der Waals surface area contributed by atoms with Crippen LogP contribution in [0.5, 0.6) is 5.75 Å². The van der Waals surface area contributed by atoms with E-state index in [1.807, 2.05) is 0 Å². The van der Waals surface area contributed by atoms with Crippen LogP contribution in [0, 0.1) is 17.8 Å². The summed E-state index contributed by atoms with van der Waals surface area (Å²) < 4.78 is 7.25. The fourth-order valence-corrected chi connectivity index (χ4v) is 4.26. The Morgan fingerprint density at radius 1 is 1.29 bits per heavy atom. The second kappa shape index (κ2) is 6.70. The third-order valence-corrected chi connectivity index (χ3v) is 5.84. The standard InChI is InChI=1S/C18H26BrNO/c1-12(2)20-10-15-9-17(5-6-18(15)19)21-11-16-8-13-3-4-14(16)7-13/h5-6,9,12-14,16,20H,3-4,7-8,10-11H2,1-2H3. The molecular formula is C18H26BrNO. The summed E-state index contributed by atoms with van der Waals surface area (Å²) in [6.07, 6.45) is 5.74. The van der Waals surface area contributed by atoms with E-state index in [1.54, 1.807) is 0 Å². The molecule has 3 heteroatoms. The molecule has 0 amide bonds. The van der Waals surface area contributed by atoms with Gasteiger partial charge >= 0.3 is 0 Å². The lowest BCUT2D eigenvalue weighted by atomic mass is 9.89. The molecule has 1 N–H and O–H groups in total. The Morgan fingerprint density at radius 3 is 2.81 bits per heavy atom. The van der Waals surface area contributed by atoms with Crippen molar-refractivity contribution in [3.63, 3.8) is 0 Å². The Balaban J connectivity index is 1.56. The highest BCUT2D eigenvalue weighted by atomic mass is 79.9. The highest BCUT2D eigenvalue weighted by Crippen LogP contribution is 2.48.